The predicted octanol–water partition coefficient (Wildman–Crippen LogP) is 3.25. The van der Waals surface area contributed by atoms with Crippen LogP contribution in [-0.2, 0) is 11.2 Å². The molecule has 0 bridgehead atoms. The number of nitrogens with one attached hydrogen (secondary N) is 1. The lowest BCUT2D eigenvalue weighted by Gasteiger charge is -2.14. The van der Waals surface area contributed by atoms with Crippen molar-refractivity contribution in [3.8, 4) is 11.3 Å². The lowest BCUT2D eigenvalue weighted by atomic mass is 9.99. The molecule has 0 radical (unpaired) electrons. The molecule has 1 fully saturated rings. The summed E-state index contributed by atoms with van der Waals surface area (Å²) >= 11 is 5.79. The Bertz CT molecular complexity index is 929. The zero-order valence-corrected chi connectivity index (χ0v) is 14.4. The van der Waals surface area contributed by atoms with Gasteiger partial charge in [0, 0.05) is 36.6 Å². The maximum absolute atomic E-state index is 14.8. The fourth-order valence-corrected chi connectivity index (χ4v) is 3.27. The number of aromatic amines is 1. The quantitative estimate of drug-likeness (QED) is 0.714. The van der Waals surface area contributed by atoms with Gasteiger partial charge in [0.05, 0.1) is 0 Å². The molecule has 4 heterocycles. The van der Waals surface area contributed by atoms with E-state index in [1.165, 1.54) is 4.90 Å². The van der Waals surface area contributed by atoms with Crippen LogP contribution in [0.1, 0.15) is 12.0 Å². The Morgan fingerprint density at radius 3 is 2.81 bits per heavy atom. The van der Waals surface area contributed by atoms with Crippen LogP contribution < -0.4 is 4.90 Å². The molecule has 0 spiro atoms. The molecular weight excluding hydrogens is 357 g/mol. The number of nitrogens with zero attached hydrogens (tertiary/aromatic N) is 4. The number of H-pyrrole nitrogens is 1. The van der Waals surface area contributed by atoms with Crippen LogP contribution in [0.25, 0.3) is 11.3 Å². The molecule has 1 atom stereocenters. The fourth-order valence-electron chi connectivity index (χ4n) is 3.16. The lowest BCUT2D eigenvalue weighted by Crippen LogP contribution is -2.28. The molecule has 1 N–H and O–H groups in total. The largest absolute Gasteiger partial charge is 0.294 e. The van der Waals surface area contributed by atoms with Gasteiger partial charge in [0.25, 0.3) is 0 Å². The minimum absolute atomic E-state index is 0.110. The van der Waals surface area contributed by atoms with Crippen molar-refractivity contribution in [1.29, 1.82) is 0 Å². The van der Waals surface area contributed by atoms with Crippen molar-refractivity contribution in [2.45, 2.75) is 12.8 Å². The summed E-state index contributed by atoms with van der Waals surface area (Å²) in [6.45, 7) is 0.444. The number of pyridine rings is 2. The average Bonchev–Trinajstić information content (AvgIpc) is 3.21. The molecule has 6 nitrogen and oxygen atoms in total. The summed E-state index contributed by atoms with van der Waals surface area (Å²) in [5.74, 6) is -0.759. The van der Waals surface area contributed by atoms with Crippen molar-refractivity contribution in [2.24, 2.45) is 5.92 Å². The molecule has 8 heteroatoms. The van der Waals surface area contributed by atoms with E-state index < -0.39 is 5.82 Å². The Kier molecular flexibility index (Phi) is 4.38. The highest BCUT2D eigenvalue weighted by Gasteiger charge is 2.35. The van der Waals surface area contributed by atoms with Gasteiger partial charge in [-0.25, -0.2) is 9.37 Å². The molecule has 0 saturated carbocycles. The Hall–Kier alpha value is -2.80. The Morgan fingerprint density at radius 2 is 2.08 bits per heavy atom. The normalized spacial score (nSPS) is 17.1. The molecule has 1 amide bonds. The molecule has 132 valence electrons. The molecule has 3 aromatic heterocycles. The van der Waals surface area contributed by atoms with Gasteiger partial charge in [0.2, 0.25) is 5.91 Å². The number of aromatic nitrogens is 4. The summed E-state index contributed by atoms with van der Waals surface area (Å²) in [7, 11) is 0. The number of hydrogen-bond donors (Lipinski definition) is 1. The van der Waals surface area contributed by atoms with Crippen molar-refractivity contribution in [2.75, 3.05) is 11.4 Å². The summed E-state index contributed by atoms with van der Waals surface area (Å²) in [5.41, 5.74) is 1.72. The van der Waals surface area contributed by atoms with E-state index >= 15 is 0 Å². The Labute approximate surface area is 154 Å². The van der Waals surface area contributed by atoms with E-state index in [9.17, 15) is 9.18 Å². The third-order valence-corrected chi connectivity index (χ3v) is 4.72. The second kappa shape index (κ2) is 6.84. The summed E-state index contributed by atoms with van der Waals surface area (Å²) in [5, 5.41) is 7.12. The first-order valence-corrected chi connectivity index (χ1v) is 8.57. The first-order valence-electron chi connectivity index (χ1n) is 8.19. The maximum atomic E-state index is 14.8. The molecule has 0 unspecified atom stereocenters. The predicted molar refractivity (Wildman–Crippen MR) is 95.2 cm³/mol. The van der Waals surface area contributed by atoms with E-state index in [0.717, 1.165) is 5.56 Å². The molecule has 0 aromatic carbocycles. The minimum Gasteiger partial charge on any atom is -0.294 e. The fraction of sp³-hybridized carbons (Fsp3) is 0.222. The molecular formula is C18H15ClFN5O. The highest BCUT2D eigenvalue weighted by atomic mass is 35.5. The third kappa shape index (κ3) is 3.06. The summed E-state index contributed by atoms with van der Waals surface area (Å²) in [6, 6.07) is 6.89. The molecule has 1 saturated heterocycles. The van der Waals surface area contributed by atoms with E-state index in [2.05, 4.69) is 20.2 Å². The van der Waals surface area contributed by atoms with Gasteiger partial charge < -0.3 is 0 Å². The Balaban J connectivity index is 1.53. The van der Waals surface area contributed by atoms with Crippen LogP contribution in [0.2, 0.25) is 5.15 Å². The van der Waals surface area contributed by atoms with Crippen molar-refractivity contribution in [3.63, 3.8) is 0 Å². The minimum atomic E-state index is -0.529. The van der Waals surface area contributed by atoms with Crippen molar-refractivity contribution in [3.05, 3.63) is 59.4 Å². The lowest BCUT2D eigenvalue weighted by molar-refractivity contribution is -0.120. The molecule has 3 aromatic rings. The second-order valence-corrected chi connectivity index (χ2v) is 6.53. The van der Waals surface area contributed by atoms with Gasteiger partial charge in [0.15, 0.2) is 11.6 Å². The van der Waals surface area contributed by atoms with E-state index in [0.29, 0.717) is 30.1 Å². The smallest absolute Gasteiger partial charge is 0.231 e. The summed E-state index contributed by atoms with van der Waals surface area (Å²) in [4.78, 5) is 22.1. The molecule has 1 aliphatic rings. The van der Waals surface area contributed by atoms with Gasteiger partial charge in [-0.3, -0.25) is 19.8 Å². The van der Waals surface area contributed by atoms with Crippen LogP contribution in [0, 0.1) is 11.7 Å². The van der Waals surface area contributed by atoms with Crippen molar-refractivity contribution in [1.82, 2.24) is 20.2 Å². The zero-order valence-electron chi connectivity index (χ0n) is 13.7. The van der Waals surface area contributed by atoms with Gasteiger partial charge in [-0.05, 0) is 36.6 Å². The number of halogens is 2. The molecule has 0 aliphatic carbocycles. The Morgan fingerprint density at radius 1 is 1.27 bits per heavy atom. The van der Waals surface area contributed by atoms with Crippen LogP contribution in [0.3, 0.4) is 0 Å². The number of rotatable bonds is 4. The average molecular weight is 372 g/mol. The number of amides is 1. The highest BCUT2D eigenvalue weighted by Crippen LogP contribution is 2.32. The third-order valence-electron chi connectivity index (χ3n) is 4.50. The van der Waals surface area contributed by atoms with Crippen LogP contribution in [0.5, 0.6) is 0 Å². The first kappa shape index (κ1) is 16.7. The van der Waals surface area contributed by atoms with E-state index in [1.807, 2.05) is 6.07 Å². The van der Waals surface area contributed by atoms with Crippen LogP contribution >= 0.6 is 11.6 Å². The van der Waals surface area contributed by atoms with E-state index in [1.54, 1.807) is 36.8 Å². The van der Waals surface area contributed by atoms with Gasteiger partial charge in [-0.1, -0.05) is 17.7 Å². The summed E-state index contributed by atoms with van der Waals surface area (Å²) < 4.78 is 14.8. The molecule has 26 heavy (non-hydrogen) atoms. The van der Waals surface area contributed by atoms with Crippen molar-refractivity contribution < 1.29 is 9.18 Å². The SMILES string of the molecule is O=C1[C@H](Cc2ccc(Cl)nc2)CCN1c1[nH]nc(-c2ccncc2)c1F. The van der Waals surface area contributed by atoms with Gasteiger partial charge in [-0.2, -0.15) is 5.10 Å². The summed E-state index contributed by atoms with van der Waals surface area (Å²) in [6.07, 6.45) is 5.99. The van der Waals surface area contributed by atoms with E-state index in [4.69, 9.17) is 11.6 Å². The number of carbonyl (C=O) groups excluding carboxylic acids is 1. The van der Waals surface area contributed by atoms with Gasteiger partial charge in [-0.15, -0.1) is 0 Å². The molecule has 1 aliphatic heterocycles. The number of anilines is 1. The topological polar surface area (TPSA) is 74.8 Å². The number of carbonyl (C=O) groups is 1. The van der Waals surface area contributed by atoms with Crippen LogP contribution in [-0.4, -0.2) is 32.6 Å². The van der Waals surface area contributed by atoms with Crippen LogP contribution in [0.4, 0.5) is 10.2 Å². The van der Waals surface area contributed by atoms with Gasteiger partial charge >= 0.3 is 0 Å². The standard InChI is InChI=1S/C18H15ClFN5O/c19-14-2-1-11(10-22-14)9-13-5-8-25(18(13)26)17-15(20)16(23-24-17)12-3-6-21-7-4-12/h1-4,6-7,10,13H,5,8-9H2,(H,23,24)/t13-/m0/s1. The highest BCUT2D eigenvalue weighted by molar-refractivity contribution is 6.29. The monoisotopic (exact) mass is 371 g/mol. The van der Waals surface area contributed by atoms with Crippen molar-refractivity contribution >= 4 is 23.3 Å². The zero-order chi connectivity index (χ0) is 18.1. The van der Waals surface area contributed by atoms with E-state index in [-0.39, 0.29) is 23.3 Å². The van der Waals surface area contributed by atoms with Gasteiger partial charge in [0.1, 0.15) is 10.8 Å². The first-order chi connectivity index (χ1) is 12.6. The maximum Gasteiger partial charge on any atom is 0.231 e. The number of hydrogen-bond acceptors (Lipinski definition) is 4. The van der Waals surface area contributed by atoms with Crippen LogP contribution in [0.15, 0.2) is 42.9 Å². The molecule has 4 rings (SSSR count). The second-order valence-electron chi connectivity index (χ2n) is 6.14.